The zero-order valence-electron chi connectivity index (χ0n) is 12.4. The van der Waals surface area contributed by atoms with Gasteiger partial charge in [0.2, 0.25) is 0 Å². The fourth-order valence-corrected chi connectivity index (χ4v) is 2.62. The molecule has 2 rings (SSSR count). The fourth-order valence-electron chi connectivity index (χ4n) is 2.62. The lowest BCUT2D eigenvalue weighted by molar-refractivity contribution is 0.110. The van der Waals surface area contributed by atoms with Crippen LogP contribution in [0.2, 0.25) is 0 Å². The number of aryl methyl sites for hydroxylation is 2. The third-order valence-electron chi connectivity index (χ3n) is 3.67. The van der Waals surface area contributed by atoms with Crippen LogP contribution in [0.4, 0.5) is 5.69 Å². The molecule has 19 heavy (non-hydrogen) atoms. The summed E-state index contributed by atoms with van der Waals surface area (Å²) in [7, 11) is 2.15. The number of nitrogens with zero attached hydrogens (tertiary/aromatic N) is 1. The van der Waals surface area contributed by atoms with Crippen molar-refractivity contribution in [3.05, 3.63) is 29.3 Å². The van der Waals surface area contributed by atoms with E-state index in [1.54, 1.807) is 0 Å². The molecule has 1 saturated heterocycles. The van der Waals surface area contributed by atoms with Gasteiger partial charge in [-0.3, -0.25) is 0 Å². The molecule has 0 bridgehead atoms. The molecule has 3 nitrogen and oxygen atoms in total. The van der Waals surface area contributed by atoms with Crippen molar-refractivity contribution < 1.29 is 4.74 Å². The molecule has 0 aliphatic carbocycles. The maximum Gasteiger partial charge on any atom is 0.0700 e. The Morgan fingerprint density at radius 2 is 2.00 bits per heavy atom. The van der Waals surface area contributed by atoms with Crippen molar-refractivity contribution in [1.82, 2.24) is 5.32 Å². The van der Waals surface area contributed by atoms with Gasteiger partial charge in [-0.15, -0.1) is 0 Å². The molecule has 1 unspecified atom stereocenters. The average Bonchev–Trinajstić information content (AvgIpc) is 2.86. The van der Waals surface area contributed by atoms with E-state index in [2.05, 4.69) is 49.3 Å². The monoisotopic (exact) mass is 262 g/mol. The maximum atomic E-state index is 5.60. The largest absolute Gasteiger partial charge is 0.377 e. The van der Waals surface area contributed by atoms with Gasteiger partial charge in [-0.05, 0) is 49.9 Å². The molecule has 106 valence electrons. The van der Waals surface area contributed by atoms with Crippen LogP contribution in [0.15, 0.2) is 18.2 Å². The highest BCUT2D eigenvalue weighted by molar-refractivity contribution is 5.50. The predicted octanol–water partition coefficient (Wildman–Crippen LogP) is 2.51. The lowest BCUT2D eigenvalue weighted by Crippen LogP contribution is -2.33. The summed E-state index contributed by atoms with van der Waals surface area (Å²) < 4.78 is 5.60. The second-order valence-electron chi connectivity index (χ2n) is 5.61. The summed E-state index contributed by atoms with van der Waals surface area (Å²) >= 11 is 0. The topological polar surface area (TPSA) is 24.5 Å². The molecule has 1 aliphatic rings. The van der Waals surface area contributed by atoms with Crippen molar-refractivity contribution in [3.63, 3.8) is 0 Å². The first-order valence-corrected chi connectivity index (χ1v) is 7.27. The second kappa shape index (κ2) is 6.92. The summed E-state index contributed by atoms with van der Waals surface area (Å²) in [5.41, 5.74) is 3.96. The third-order valence-corrected chi connectivity index (χ3v) is 3.67. The Bertz CT molecular complexity index is 379. The molecular weight excluding hydrogens is 236 g/mol. The fraction of sp³-hybridized carbons (Fsp3) is 0.625. The zero-order valence-corrected chi connectivity index (χ0v) is 12.4. The third kappa shape index (κ3) is 4.51. The van der Waals surface area contributed by atoms with Crippen molar-refractivity contribution in [2.45, 2.75) is 32.8 Å². The van der Waals surface area contributed by atoms with E-state index in [1.165, 1.54) is 29.7 Å². The highest BCUT2D eigenvalue weighted by Crippen LogP contribution is 2.17. The standard InChI is InChI=1S/C16H26N2O/c1-13-9-14(2)11-15(10-13)18(3)7-6-17-12-16-5-4-8-19-16/h9-11,16-17H,4-8,12H2,1-3H3. The van der Waals surface area contributed by atoms with Crippen LogP contribution in [0.1, 0.15) is 24.0 Å². The quantitative estimate of drug-likeness (QED) is 0.797. The minimum absolute atomic E-state index is 0.437. The van der Waals surface area contributed by atoms with Gasteiger partial charge in [-0.25, -0.2) is 0 Å². The number of benzene rings is 1. The first-order valence-electron chi connectivity index (χ1n) is 7.27. The van der Waals surface area contributed by atoms with Gasteiger partial charge in [0.1, 0.15) is 0 Å². The van der Waals surface area contributed by atoms with E-state index in [9.17, 15) is 0 Å². The van der Waals surface area contributed by atoms with Crippen molar-refractivity contribution in [1.29, 1.82) is 0 Å². The number of hydrogen-bond acceptors (Lipinski definition) is 3. The van der Waals surface area contributed by atoms with E-state index in [4.69, 9.17) is 4.74 Å². The molecule has 0 spiro atoms. The predicted molar refractivity (Wildman–Crippen MR) is 81.0 cm³/mol. The van der Waals surface area contributed by atoms with Crippen LogP contribution in [0.5, 0.6) is 0 Å². The highest BCUT2D eigenvalue weighted by atomic mass is 16.5. The van der Waals surface area contributed by atoms with Gasteiger partial charge < -0.3 is 15.0 Å². The number of hydrogen-bond donors (Lipinski definition) is 1. The Morgan fingerprint density at radius 3 is 2.63 bits per heavy atom. The van der Waals surface area contributed by atoms with E-state index in [0.29, 0.717) is 6.10 Å². The SMILES string of the molecule is Cc1cc(C)cc(N(C)CCNCC2CCCO2)c1. The molecule has 1 atom stereocenters. The number of anilines is 1. The lowest BCUT2D eigenvalue weighted by atomic mass is 10.1. The molecule has 1 fully saturated rings. The van der Waals surface area contributed by atoms with E-state index in [-0.39, 0.29) is 0 Å². The van der Waals surface area contributed by atoms with Crippen LogP contribution < -0.4 is 10.2 Å². The molecule has 0 saturated carbocycles. The van der Waals surface area contributed by atoms with Crippen LogP contribution >= 0.6 is 0 Å². The van der Waals surface area contributed by atoms with Crippen LogP contribution in [0, 0.1) is 13.8 Å². The molecule has 3 heteroatoms. The van der Waals surface area contributed by atoms with Gasteiger partial charge in [0.15, 0.2) is 0 Å². The van der Waals surface area contributed by atoms with Gasteiger partial charge in [0.05, 0.1) is 6.10 Å². The number of likely N-dealkylation sites (N-methyl/N-ethyl adjacent to an activating group) is 1. The molecule has 1 aromatic rings. The molecule has 0 amide bonds. The number of rotatable bonds is 6. The molecule has 0 radical (unpaired) electrons. The summed E-state index contributed by atoms with van der Waals surface area (Å²) in [5.74, 6) is 0. The Balaban J connectivity index is 1.72. The molecule has 1 aromatic carbocycles. The number of nitrogens with one attached hydrogen (secondary N) is 1. The van der Waals surface area contributed by atoms with Gasteiger partial charge in [0.25, 0.3) is 0 Å². The molecular formula is C16H26N2O. The van der Waals surface area contributed by atoms with E-state index >= 15 is 0 Å². The molecule has 1 heterocycles. The smallest absolute Gasteiger partial charge is 0.0700 e. The maximum absolute atomic E-state index is 5.60. The first-order chi connectivity index (χ1) is 9.15. The van der Waals surface area contributed by atoms with Gasteiger partial charge in [-0.1, -0.05) is 6.07 Å². The molecule has 0 aromatic heterocycles. The Labute approximate surface area is 116 Å². The average molecular weight is 262 g/mol. The summed E-state index contributed by atoms with van der Waals surface area (Å²) in [6.45, 7) is 8.26. The van der Waals surface area contributed by atoms with Gasteiger partial charge >= 0.3 is 0 Å². The summed E-state index contributed by atoms with van der Waals surface area (Å²) in [5, 5.41) is 3.49. The minimum atomic E-state index is 0.437. The summed E-state index contributed by atoms with van der Waals surface area (Å²) in [6, 6.07) is 6.70. The summed E-state index contributed by atoms with van der Waals surface area (Å²) in [6.07, 6.45) is 2.86. The first kappa shape index (κ1) is 14.4. The van der Waals surface area contributed by atoms with Crippen LogP contribution in [0.3, 0.4) is 0 Å². The van der Waals surface area contributed by atoms with Crippen molar-refractivity contribution in [2.24, 2.45) is 0 Å². The normalized spacial score (nSPS) is 18.8. The van der Waals surface area contributed by atoms with Crippen molar-refractivity contribution >= 4 is 5.69 Å². The van der Waals surface area contributed by atoms with E-state index < -0.39 is 0 Å². The summed E-state index contributed by atoms with van der Waals surface area (Å²) in [4.78, 5) is 2.31. The highest BCUT2D eigenvalue weighted by Gasteiger charge is 2.14. The van der Waals surface area contributed by atoms with E-state index in [1.807, 2.05) is 0 Å². The molecule has 1 N–H and O–H groups in total. The van der Waals surface area contributed by atoms with E-state index in [0.717, 1.165) is 26.2 Å². The van der Waals surface area contributed by atoms with Gasteiger partial charge in [0, 0.05) is 39.0 Å². The Morgan fingerprint density at radius 1 is 1.26 bits per heavy atom. The second-order valence-corrected chi connectivity index (χ2v) is 5.61. The van der Waals surface area contributed by atoms with Crippen molar-refractivity contribution in [3.8, 4) is 0 Å². The number of ether oxygens (including phenoxy) is 1. The van der Waals surface area contributed by atoms with Crippen LogP contribution in [0.25, 0.3) is 0 Å². The van der Waals surface area contributed by atoms with Crippen LogP contribution in [-0.4, -0.2) is 39.4 Å². The Hall–Kier alpha value is -1.06. The molecule has 1 aliphatic heterocycles. The van der Waals surface area contributed by atoms with Gasteiger partial charge in [-0.2, -0.15) is 0 Å². The van der Waals surface area contributed by atoms with Crippen molar-refractivity contribution in [2.75, 3.05) is 38.2 Å². The Kier molecular flexibility index (Phi) is 5.23. The zero-order chi connectivity index (χ0) is 13.7. The minimum Gasteiger partial charge on any atom is -0.377 e. The lowest BCUT2D eigenvalue weighted by Gasteiger charge is -2.21. The van der Waals surface area contributed by atoms with Crippen LogP contribution in [-0.2, 0) is 4.74 Å².